The van der Waals surface area contributed by atoms with Crippen molar-refractivity contribution in [2.24, 2.45) is 0 Å². The smallest absolute Gasteiger partial charge is 0.180 e. The van der Waals surface area contributed by atoms with Crippen molar-refractivity contribution < 1.29 is 19.3 Å². The van der Waals surface area contributed by atoms with Crippen LogP contribution in [0, 0.1) is 12.7 Å². The van der Waals surface area contributed by atoms with Crippen molar-refractivity contribution in [2.45, 2.75) is 38.6 Å². The van der Waals surface area contributed by atoms with Crippen molar-refractivity contribution in [1.29, 1.82) is 0 Å². The number of fused-ring (bicyclic) bond motifs is 2. The highest BCUT2D eigenvalue weighted by atomic mass is 19.1. The second-order valence-corrected chi connectivity index (χ2v) is 6.36. The van der Waals surface area contributed by atoms with Gasteiger partial charge in [0, 0.05) is 11.9 Å². The predicted molar refractivity (Wildman–Crippen MR) is 89.9 cm³/mol. The van der Waals surface area contributed by atoms with Crippen molar-refractivity contribution >= 4 is 5.65 Å². The van der Waals surface area contributed by atoms with Gasteiger partial charge in [0.25, 0.3) is 0 Å². The van der Waals surface area contributed by atoms with Crippen molar-refractivity contribution in [2.75, 3.05) is 0 Å². The van der Waals surface area contributed by atoms with Gasteiger partial charge in [0.05, 0.1) is 18.4 Å². The quantitative estimate of drug-likeness (QED) is 0.768. The number of aromatic nitrogens is 2. The number of aliphatic hydroxyl groups is 2. The number of rotatable bonds is 3. The Hall–Kier alpha value is -2.44. The lowest BCUT2D eigenvalue weighted by Gasteiger charge is -2.30. The Morgan fingerprint density at radius 3 is 3.00 bits per heavy atom. The Balaban J connectivity index is 1.77. The Bertz CT molecular complexity index is 938. The summed E-state index contributed by atoms with van der Waals surface area (Å²) in [5.74, 6) is 0.235. The van der Waals surface area contributed by atoms with E-state index in [1.165, 1.54) is 12.1 Å². The summed E-state index contributed by atoms with van der Waals surface area (Å²) in [6.45, 7) is 1.73. The Labute approximate surface area is 144 Å². The van der Waals surface area contributed by atoms with Crippen LogP contribution in [-0.2, 0) is 13.0 Å². The summed E-state index contributed by atoms with van der Waals surface area (Å²) in [5, 5.41) is 19.9. The molecular formula is C19H19FN2O3. The summed E-state index contributed by atoms with van der Waals surface area (Å²) in [7, 11) is 0. The van der Waals surface area contributed by atoms with Gasteiger partial charge in [-0.15, -0.1) is 0 Å². The van der Waals surface area contributed by atoms with E-state index in [0.29, 0.717) is 29.9 Å². The number of benzene rings is 1. The average molecular weight is 342 g/mol. The molecule has 0 spiro atoms. The predicted octanol–water partition coefficient (Wildman–Crippen LogP) is 2.70. The summed E-state index contributed by atoms with van der Waals surface area (Å²) in [6.07, 6.45) is 1.73. The molecule has 1 aliphatic carbocycles. The van der Waals surface area contributed by atoms with Crippen molar-refractivity contribution in [1.82, 2.24) is 9.38 Å². The van der Waals surface area contributed by atoms with Crippen molar-refractivity contribution in [3.63, 3.8) is 0 Å². The molecule has 0 fully saturated rings. The summed E-state index contributed by atoms with van der Waals surface area (Å²) in [5.41, 5.74) is 3.67. The van der Waals surface area contributed by atoms with Crippen LogP contribution in [0.25, 0.3) is 5.65 Å². The second-order valence-electron chi connectivity index (χ2n) is 6.36. The van der Waals surface area contributed by atoms with Crippen molar-refractivity contribution in [3.05, 3.63) is 64.9 Å². The monoisotopic (exact) mass is 342 g/mol. The molecule has 0 saturated carbocycles. The molecule has 3 aromatic rings. The third kappa shape index (κ3) is 2.67. The van der Waals surface area contributed by atoms with Gasteiger partial charge in [-0.1, -0.05) is 6.07 Å². The number of nitrogens with zero attached hydrogens (tertiary/aromatic N) is 2. The van der Waals surface area contributed by atoms with E-state index in [-0.39, 0.29) is 12.4 Å². The third-order valence-corrected chi connectivity index (χ3v) is 4.83. The van der Waals surface area contributed by atoms with Crippen molar-refractivity contribution in [3.8, 4) is 5.75 Å². The summed E-state index contributed by atoms with van der Waals surface area (Å²) in [6, 6.07) is 8.18. The van der Waals surface area contributed by atoms with Crippen LogP contribution in [0.5, 0.6) is 5.75 Å². The van der Waals surface area contributed by atoms with E-state index in [1.807, 2.05) is 23.6 Å². The van der Waals surface area contributed by atoms with Crippen LogP contribution in [0.4, 0.5) is 4.39 Å². The molecule has 130 valence electrons. The number of pyridine rings is 1. The number of hydrogen-bond acceptors (Lipinski definition) is 4. The van der Waals surface area contributed by atoms with Crippen LogP contribution < -0.4 is 4.74 Å². The molecule has 0 radical (unpaired) electrons. The fourth-order valence-electron chi connectivity index (χ4n) is 3.46. The average Bonchev–Trinajstić information content (AvgIpc) is 2.94. The van der Waals surface area contributed by atoms with Crippen LogP contribution in [0.3, 0.4) is 0 Å². The molecule has 2 N–H and O–H groups in total. The molecule has 0 amide bonds. The number of ether oxygens (including phenoxy) is 1. The van der Waals surface area contributed by atoms with Gasteiger partial charge in [-0.25, -0.2) is 9.37 Å². The zero-order valence-corrected chi connectivity index (χ0v) is 13.8. The van der Waals surface area contributed by atoms with Gasteiger partial charge < -0.3 is 19.4 Å². The van der Waals surface area contributed by atoms with E-state index < -0.39 is 12.2 Å². The summed E-state index contributed by atoms with van der Waals surface area (Å²) in [4.78, 5) is 4.44. The molecule has 0 saturated heterocycles. The maximum atomic E-state index is 13.5. The molecule has 2 aromatic heterocycles. The van der Waals surface area contributed by atoms with Gasteiger partial charge in [0.15, 0.2) is 11.4 Å². The summed E-state index contributed by atoms with van der Waals surface area (Å²) >= 11 is 0. The van der Waals surface area contributed by atoms with Gasteiger partial charge >= 0.3 is 0 Å². The van der Waals surface area contributed by atoms with Gasteiger partial charge in [-0.3, -0.25) is 0 Å². The Kier molecular flexibility index (Phi) is 3.94. The van der Waals surface area contributed by atoms with E-state index in [2.05, 4.69) is 4.98 Å². The number of aryl methyl sites for hydroxylation is 2. The minimum absolute atomic E-state index is 0.152. The third-order valence-electron chi connectivity index (χ3n) is 4.83. The molecule has 2 heterocycles. The van der Waals surface area contributed by atoms with Crippen LogP contribution in [0.2, 0.25) is 0 Å². The number of hydrogen-bond donors (Lipinski definition) is 2. The maximum Gasteiger partial charge on any atom is 0.180 e. The zero-order chi connectivity index (χ0) is 17.6. The van der Waals surface area contributed by atoms with E-state index in [1.54, 1.807) is 12.1 Å². The Morgan fingerprint density at radius 1 is 1.36 bits per heavy atom. The van der Waals surface area contributed by atoms with Crippen LogP contribution >= 0.6 is 0 Å². The molecule has 25 heavy (non-hydrogen) atoms. The van der Waals surface area contributed by atoms with E-state index in [9.17, 15) is 14.6 Å². The molecule has 0 aliphatic heterocycles. The standard InChI is InChI=1S/C19H19FN2O3/c1-11-15(10-23)21-19-17(3-2-8-22(11)19)25-18-14-6-5-13(20)9-12(14)4-7-16(18)24/h2-3,5-6,8-9,16,18,23-24H,4,7,10H2,1H3. The van der Waals surface area contributed by atoms with E-state index in [4.69, 9.17) is 4.74 Å². The molecule has 6 heteroatoms. The first-order valence-electron chi connectivity index (χ1n) is 8.29. The van der Waals surface area contributed by atoms with Crippen LogP contribution in [-0.4, -0.2) is 25.7 Å². The van der Waals surface area contributed by atoms with Crippen LogP contribution in [0.1, 0.15) is 35.0 Å². The highest BCUT2D eigenvalue weighted by Crippen LogP contribution is 2.35. The Morgan fingerprint density at radius 2 is 2.20 bits per heavy atom. The normalized spacial score (nSPS) is 19.8. The van der Waals surface area contributed by atoms with Gasteiger partial charge in [-0.05, 0) is 55.2 Å². The minimum Gasteiger partial charge on any atom is -0.479 e. The van der Waals surface area contributed by atoms with Gasteiger partial charge in [0.2, 0.25) is 0 Å². The highest BCUT2D eigenvalue weighted by Gasteiger charge is 2.31. The lowest BCUT2D eigenvalue weighted by Crippen LogP contribution is -2.29. The molecule has 2 unspecified atom stereocenters. The number of halogens is 1. The minimum atomic E-state index is -0.674. The second kappa shape index (κ2) is 6.13. The number of aliphatic hydroxyl groups excluding tert-OH is 2. The first-order valence-corrected chi connectivity index (χ1v) is 8.29. The molecule has 0 bridgehead atoms. The highest BCUT2D eigenvalue weighted by molar-refractivity contribution is 5.56. The lowest BCUT2D eigenvalue weighted by molar-refractivity contribution is 0.0233. The fourth-order valence-corrected chi connectivity index (χ4v) is 3.46. The first kappa shape index (κ1) is 16.1. The maximum absolute atomic E-state index is 13.5. The van der Waals surface area contributed by atoms with Gasteiger partial charge in [0.1, 0.15) is 11.9 Å². The summed E-state index contributed by atoms with van der Waals surface area (Å²) < 4.78 is 21.5. The van der Waals surface area contributed by atoms with Crippen LogP contribution in [0.15, 0.2) is 36.5 Å². The molecule has 4 rings (SSSR count). The first-order chi connectivity index (χ1) is 12.1. The molecule has 5 nitrogen and oxygen atoms in total. The topological polar surface area (TPSA) is 67.0 Å². The lowest BCUT2D eigenvalue weighted by atomic mass is 9.87. The molecule has 1 aliphatic rings. The zero-order valence-electron chi connectivity index (χ0n) is 13.8. The van der Waals surface area contributed by atoms with Gasteiger partial charge in [-0.2, -0.15) is 0 Å². The van der Waals surface area contributed by atoms with E-state index >= 15 is 0 Å². The molecule has 2 atom stereocenters. The SMILES string of the molecule is Cc1c(CO)nc2c(OC3c4ccc(F)cc4CCC3O)cccn12. The largest absolute Gasteiger partial charge is 0.479 e. The molecule has 1 aromatic carbocycles. The van der Waals surface area contributed by atoms with E-state index in [0.717, 1.165) is 16.8 Å². The fraction of sp³-hybridized carbons (Fsp3) is 0.316. The number of imidazole rings is 1. The molecular weight excluding hydrogens is 323 g/mol.